The van der Waals surface area contributed by atoms with E-state index in [-0.39, 0.29) is 0 Å². The van der Waals surface area contributed by atoms with Gasteiger partial charge in [-0.1, -0.05) is 11.6 Å². The molecule has 1 fully saturated rings. The molecule has 21 heavy (non-hydrogen) atoms. The Morgan fingerprint density at radius 2 is 2.24 bits per heavy atom. The smallest absolute Gasteiger partial charge is 0.213 e. The fraction of sp³-hybridized carbons (Fsp3) is 0.500. The van der Waals surface area contributed by atoms with Crippen LogP contribution in [0.3, 0.4) is 0 Å². The van der Waals surface area contributed by atoms with E-state index >= 15 is 0 Å². The molecule has 0 radical (unpaired) electrons. The van der Waals surface area contributed by atoms with Crippen LogP contribution in [-0.2, 0) is 0 Å². The van der Waals surface area contributed by atoms with Crippen LogP contribution in [0.1, 0.15) is 12.8 Å². The van der Waals surface area contributed by atoms with Crippen LogP contribution in [0.15, 0.2) is 12.3 Å². The summed E-state index contributed by atoms with van der Waals surface area (Å²) in [6.45, 7) is 2.14. The van der Waals surface area contributed by atoms with Crippen molar-refractivity contribution in [3.05, 3.63) is 17.4 Å². The molecular weight excluding hydrogens is 290 g/mol. The number of piperidine rings is 1. The summed E-state index contributed by atoms with van der Waals surface area (Å²) >= 11 is 6.10. The number of nitrogens with zero attached hydrogens (tertiary/aromatic N) is 4. The molecule has 0 bridgehead atoms. The van der Waals surface area contributed by atoms with Crippen molar-refractivity contribution in [3.63, 3.8) is 0 Å². The molecule has 0 saturated carbocycles. The zero-order valence-electron chi connectivity index (χ0n) is 12.1. The minimum Gasteiger partial charge on any atom is -0.481 e. The number of aromatic nitrogens is 3. The Kier molecular flexibility index (Phi) is 4.07. The first-order chi connectivity index (χ1) is 10.2. The van der Waals surface area contributed by atoms with Crippen LogP contribution in [0.5, 0.6) is 5.88 Å². The van der Waals surface area contributed by atoms with Gasteiger partial charge in [-0.15, -0.1) is 10.2 Å². The second-order valence-electron chi connectivity index (χ2n) is 5.36. The molecule has 0 spiro atoms. The number of hydrogen-bond acceptors (Lipinski definition) is 6. The van der Waals surface area contributed by atoms with Crippen molar-refractivity contribution in [1.82, 2.24) is 20.1 Å². The van der Waals surface area contributed by atoms with Gasteiger partial charge in [-0.05, 0) is 26.4 Å². The molecule has 3 heterocycles. The van der Waals surface area contributed by atoms with E-state index in [1.165, 1.54) is 6.42 Å². The van der Waals surface area contributed by atoms with Crippen molar-refractivity contribution in [1.29, 1.82) is 0 Å². The third-order valence-electron chi connectivity index (χ3n) is 3.77. The molecule has 0 aromatic carbocycles. The Morgan fingerprint density at radius 1 is 1.38 bits per heavy atom. The van der Waals surface area contributed by atoms with Crippen molar-refractivity contribution in [2.45, 2.75) is 18.9 Å². The number of ether oxygens (including phenoxy) is 1. The van der Waals surface area contributed by atoms with Crippen molar-refractivity contribution < 1.29 is 4.74 Å². The van der Waals surface area contributed by atoms with Gasteiger partial charge in [0.2, 0.25) is 5.88 Å². The number of halogens is 1. The molecule has 2 aromatic rings. The van der Waals surface area contributed by atoms with Crippen LogP contribution >= 0.6 is 11.6 Å². The second kappa shape index (κ2) is 5.99. The van der Waals surface area contributed by atoms with Gasteiger partial charge in [0.1, 0.15) is 0 Å². The van der Waals surface area contributed by atoms with Crippen molar-refractivity contribution in [2.24, 2.45) is 0 Å². The van der Waals surface area contributed by atoms with Crippen LogP contribution in [-0.4, -0.2) is 53.4 Å². The highest BCUT2D eigenvalue weighted by Crippen LogP contribution is 2.28. The Bertz CT molecular complexity index is 651. The fourth-order valence-electron chi connectivity index (χ4n) is 2.69. The summed E-state index contributed by atoms with van der Waals surface area (Å²) in [5.41, 5.74) is 0. The monoisotopic (exact) mass is 307 g/mol. The van der Waals surface area contributed by atoms with Gasteiger partial charge in [0.05, 0.1) is 7.11 Å². The molecule has 0 aliphatic carbocycles. The maximum Gasteiger partial charge on any atom is 0.213 e. The highest BCUT2D eigenvalue weighted by molar-refractivity contribution is 6.34. The van der Waals surface area contributed by atoms with E-state index in [0.29, 0.717) is 17.1 Å². The zero-order chi connectivity index (χ0) is 14.8. The lowest BCUT2D eigenvalue weighted by Gasteiger charge is -2.30. The Labute approximate surface area is 128 Å². The van der Waals surface area contributed by atoms with Gasteiger partial charge < -0.3 is 15.0 Å². The van der Waals surface area contributed by atoms with Gasteiger partial charge in [0.25, 0.3) is 0 Å². The first kappa shape index (κ1) is 14.3. The lowest BCUT2D eigenvalue weighted by atomic mass is 10.1. The summed E-state index contributed by atoms with van der Waals surface area (Å²) in [5, 5.41) is 13.7. The molecule has 1 saturated heterocycles. The highest BCUT2D eigenvalue weighted by atomic mass is 35.5. The van der Waals surface area contributed by atoms with Crippen LogP contribution in [0, 0.1) is 0 Å². The molecule has 1 N–H and O–H groups in total. The van der Waals surface area contributed by atoms with Gasteiger partial charge in [0, 0.05) is 35.6 Å². The molecule has 7 heteroatoms. The van der Waals surface area contributed by atoms with Crippen LogP contribution < -0.4 is 10.1 Å². The Hall–Kier alpha value is -1.66. The minimum atomic E-state index is 0.353. The van der Waals surface area contributed by atoms with Crippen LogP contribution in [0.4, 0.5) is 5.82 Å². The van der Waals surface area contributed by atoms with Gasteiger partial charge in [-0.3, -0.25) is 0 Å². The molecule has 1 aliphatic rings. The van der Waals surface area contributed by atoms with Gasteiger partial charge in [-0.25, -0.2) is 4.98 Å². The molecule has 1 unspecified atom stereocenters. The predicted molar refractivity (Wildman–Crippen MR) is 83.0 cm³/mol. The van der Waals surface area contributed by atoms with Gasteiger partial charge in [0.15, 0.2) is 11.0 Å². The number of anilines is 1. The van der Waals surface area contributed by atoms with E-state index in [9.17, 15) is 0 Å². The quantitative estimate of drug-likeness (QED) is 0.938. The molecule has 6 nitrogen and oxygen atoms in total. The molecule has 112 valence electrons. The summed E-state index contributed by atoms with van der Waals surface area (Å²) in [6, 6.07) is 2.20. The number of likely N-dealkylation sites (N-methyl/N-ethyl adjacent to an activating group) is 1. The number of fused-ring (bicyclic) bond motifs is 1. The van der Waals surface area contributed by atoms with E-state index in [0.717, 1.165) is 36.1 Å². The molecule has 2 aromatic heterocycles. The zero-order valence-corrected chi connectivity index (χ0v) is 12.9. The van der Waals surface area contributed by atoms with Crippen molar-refractivity contribution in [3.8, 4) is 5.88 Å². The van der Waals surface area contributed by atoms with Crippen molar-refractivity contribution >= 4 is 28.2 Å². The summed E-state index contributed by atoms with van der Waals surface area (Å²) in [5.74, 6) is 1.27. The molecule has 3 rings (SSSR count). The Morgan fingerprint density at radius 3 is 3.00 bits per heavy atom. The maximum atomic E-state index is 6.10. The average Bonchev–Trinajstić information content (AvgIpc) is 2.50. The van der Waals surface area contributed by atoms with Crippen LogP contribution in [0.2, 0.25) is 5.15 Å². The largest absolute Gasteiger partial charge is 0.481 e. The fourth-order valence-corrected chi connectivity index (χ4v) is 2.88. The lowest BCUT2D eigenvalue weighted by Crippen LogP contribution is -2.40. The van der Waals surface area contributed by atoms with Gasteiger partial charge in [-0.2, -0.15) is 0 Å². The number of nitrogens with one attached hydrogen (secondary N) is 1. The molecule has 0 amide bonds. The third-order valence-corrected chi connectivity index (χ3v) is 4.05. The van der Waals surface area contributed by atoms with E-state index in [4.69, 9.17) is 16.3 Å². The first-order valence-electron chi connectivity index (χ1n) is 6.98. The van der Waals surface area contributed by atoms with E-state index in [2.05, 4.69) is 32.4 Å². The normalized spacial score (nSPS) is 19.7. The number of rotatable bonds is 3. The van der Waals surface area contributed by atoms with Crippen molar-refractivity contribution in [2.75, 3.05) is 32.6 Å². The molecule has 1 atom stereocenters. The first-order valence-corrected chi connectivity index (χ1v) is 7.36. The summed E-state index contributed by atoms with van der Waals surface area (Å²) in [7, 11) is 3.72. The lowest BCUT2D eigenvalue weighted by molar-refractivity contribution is 0.261. The number of hydrogen-bond donors (Lipinski definition) is 1. The summed E-state index contributed by atoms with van der Waals surface area (Å²) in [6.07, 6.45) is 3.97. The average molecular weight is 308 g/mol. The topological polar surface area (TPSA) is 63.2 Å². The van der Waals surface area contributed by atoms with E-state index in [1.807, 2.05) is 6.07 Å². The number of likely N-dealkylation sites (tertiary alicyclic amines) is 1. The second-order valence-corrected chi connectivity index (χ2v) is 5.72. The molecular formula is C14H18ClN5O. The number of pyridine rings is 1. The maximum absolute atomic E-state index is 6.10. The number of methoxy groups -OCH3 is 1. The highest BCUT2D eigenvalue weighted by Gasteiger charge is 2.19. The summed E-state index contributed by atoms with van der Waals surface area (Å²) in [4.78, 5) is 6.49. The van der Waals surface area contributed by atoms with E-state index in [1.54, 1.807) is 13.3 Å². The third kappa shape index (κ3) is 3.01. The SMILES string of the molecule is COc1cc2c(NC3CCCN(C)C3)nnc(Cl)c2cn1. The summed E-state index contributed by atoms with van der Waals surface area (Å²) < 4.78 is 5.19. The minimum absolute atomic E-state index is 0.353. The standard InChI is InChI=1S/C14H18ClN5O/c1-20-5-3-4-9(8-20)17-14-10-6-12(21-2)16-7-11(10)13(15)18-19-14/h6-7,9H,3-5,8H2,1-2H3,(H,17,19). The Balaban J connectivity index is 1.95. The van der Waals surface area contributed by atoms with Crippen LogP contribution in [0.25, 0.3) is 10.8 Å². The van der Waals surface area contributed by atoms with Gasteiger partial charge >= 0.3 is 0 Å². The van der Waals surface area contributed by atoms with E-state index < -0.39 is 0 Å². The predicted octanol–water partition coefficient (Wildman–Crippen LogP) is 2.19. The molecule has 1 aliphatic heterocycles.